The molecule has 7 nitrogen and oxygen atoms in total. The summed E-state index contributed by atoms with van der Waals surface area (Å²) in [6, 6.07) is 1.44. The summed E-state index contributed by atoms with van der Waals surface area (Å²) in [5.74, 6) is -2.95. The van der Waals surface area contributed by atoms with Gasteiger partial charge in [0.25, 0.3) is 11.6 Å². The highest BCUT2D eigenvalue weighted by Gasteiger charge is 2.32. The number of amides is 1. The Morgan fingerprint density at radius 3 is 2.64 bits per heavy atom. The second-order valence-corrected chi connectivity index (χ2v) is 5.39. The summed E-state index contributed by atoms with van der Waals surface area (Å²) < 4.78 is 13.4. The highest BCUT2D eigenvalue weighted by molar-refractivity contribution is 5.98. The fourth-order valence-electron chi connectivity index (χ4n) is 2.75. The Morgan fingerprint density at radius 2 is 2.09 bits per heavy atom. The molecule has 0 bridgehead atoms. The molecule has 1 saturated carbocycles. The molecular weight excluding hydrogens is 295 g/mol. The van der Waals surface area contributed by atoms with Crippen LogP contribution >= 0.6 is 0 Å². The Hall–Kier alpha value is -2.51. The number of carbonyl (C=O) groups is 2. The Labute approximate surface area is 125 Å². The second kappa shape index (κ2) is 6.08. The third kappa shape index (κ3) is 3.21. The molecule has 0 aromatic heterocycles. The van der Waals surface area contributed by atoms with E-state index in [1.807, 2.05) is 0 Å². The monoisotopic (exact) mass is 310 g/mol. The molecule has 22 heavy (non-hydrogen) atoms. The lowest BCUT2D eigenvalue weighted by Crippen LogP contribution is -2.34. The minimum absolute atomic E-state index is 0.0602. The molecule has 2 N–H and O–H groups in total. The molecule has 0 spiro atoms. The van der Waals surface area contributed by atoms with E-state index in [2.05, 4.69) is 5.32 Å². The quantitative estimate of drug-likeness (QED) is 0.653. The maximum absolute atomic E-state index is 13.4. The number of hydrogen-bond acceptors (Lipinski definition) is 4. The molecule has 1 amide bonds. The molecule has 0 aliphatic heterocycles. The van der Waals surface area contributed by atoms with Crippen molar-refractivity contribution < 1.29 is 24.0 Å². The van der Waals surface area contributed by atoms with Crippen LogP contribution in [0.5, 0.6) is 0 Å². The minimum atomic E-state index is -0.927. The molecule has 1 fully saturated rings. The van der Waals surface area contributed by atoms with Gasteiger partial charge in [-0.05, 0) is 38.3 Å². The van der Waals surface area contributed by atoms with Crippen molar-refractivity contribution in [3.63, 3.8) is 0 Å². The van der Waals surface area contributed by atoms with Crippen molar-refractivity contribution >= 4 is 17.6 Å². The number of nitrogens with zero attached hydrogens (tertiary/aromatic N) is 1. The lowest BCUT2D eigenvalue weighted by atomic mass is 10.1. The van der Waals surface area contributed by atoms with E-state index in [4.69, 9.17) is 5.11 Å². The summed E-state index contributed by atoms with van der Waals surface area (Å²) in [7, 11) is 0. The topological polar surface area (TPSA) is 110 Å². The van der Waals surface area contributed by atoms with Gasteiger partial charge >= 0.3 is 5.97 Å². The van der Waals surface area contributed by atoms with Crippen LogP contribution in [-0.4, -0.2) is 27.9 Å². The first kappa shape index (κ1) is 15.9. The molecule has 0 heterocycles. The van der Waals surface area contributed by atoms with Crippen LogP contribution in [-0.2, 0) is 4.79 Å². The first-order valence-corrected chi connectivity index (χ1v) is 6.77. The highest BCUT2D eigenvalue weighted by Crippen LogP contribution is 2.28. The Kier molecular flexibility index (Phi) is 4.39. The van der Waals surface area contributed by atoms with Crippen LogP contribution in [0.1, 0.15) is 35.2 Å². The molecule has 1 aromatic rings. The molecule has 118 valence electrons. The third-order valence-corrected chi connectivity index (χ3v) is 3.81. The van der Waals surface area contributed by atoms with E-state index < -0.39 is 34.2 Å². The number of hydrogen-bond donors (Lipinski definition) is 2. The summed E-state index contributed by atoms with van der Waals surface area (Å²) in [5.41, 5.74) is -0.724. The number of aryl methyl sites for hydroxylation is 1. The van der Waals surface area contributed by atoms with Crippen LogP contribution in [0.2, 0.25) is 0 Å². The van der Waals surface area contributed by atoms with Crippen molar-refractivity contribution in [1.82, 2.24) is 5.32 Å². The normalized spacial score (nSPS) is 20.6. The number of aliphatic carboxylic acids is 1. The Bertz CT molecular complexity index is 646. The average Bonchev–Trinajstić information content (AvgIpc) is 2.85. The van der Waals surface area contributed by atoms with Gasteiger partial charge < -0.3 is 10.4 Å². The Morgan fingerprint density at radius 1 is 1.41 bits per heavy atom. The maximum atomic E-state index is 13.4. The van der Waals surface area contributed by atoms with E-state index in [0.717, 1.165) is 12.1 Å². The first-order chi connectivity index (χ1) is 10.3. The molecule has 1 aromatic carbocycles. The predicted molar refractivity (Wildman–Crippen MR) is 74.0 cm³/mol. The fourth-order valence-corrected chi connectivity index (χ4v) is 2.75. The Balaban J connectivity index is 2.20. The van der Waals surface area contributed by atoms with Gasteiger partial charge in [-0.25, -0.2) is 4.39 Å². The van der Waals surface area contributed by atoms with E-state index in [1.54, 1.807) is 0 Å². The van der Waals surface area contributed by atoms with Gasteiger partial charge in [-0.1, -0.05) is 0 Å². The average molecular weight is 310 g/mol. The van der Waals surface area contributed by atoms with Crippen molar-refractivity contribution in [1.29, 1.82) is 0 Å². The number of halogens is 1. The van der Waals surface area contributed by atoms with Crippen molar-refractivity contribution in [2.45, 2.75) is 32.2 Å². The standard InChI is InChI=1S/C14H15FN2O5/c1-7-4-9(15)6-11(12(7)17(21)22)13(18)16-10-3-2-8(5-10)14(19)20/h4,6,8,10H,2-3,5H2,1H3,(H,16,18)(H,19,20)/t8-,10+/m1/s1. The van der Waals surface area contributed by atoms with Gasteiger partial charge in [-0.2, -0.15) is 0 Å². The molecule has 0 saturated heterocycles. The summed E-state index contributed by atoms with van der Waals surface area (Å²) >= 11 is 0. The van der Waals surface area contributed by atoms with Gasteiger partial charge in [0, 0.05) is 11.6 Å². The number of nitrogens with one attached hydrogen (secondary N) is 1. The molecular formula is C14H15FN2O5. The van der Waals surface area contributed by atoms with Gasteiger partial charge in [0.2, 0.25) is 0 Å². The zero-order valence-corrected chi connectivity index (χ0v) is 11.8. The number of benzene rings is 1. The minimum Gasteiger partial charge on any atom is -0.481 e. The summed E-state index contributed by atoms with van der Waals surface area (Å²) in [4.78, 5) is 33.4. The zero-order valence-electron chi connectivity index (χ0n) is 11.8. The highest BCUT2D eigenvalue weighted by atomic mass is 19.1. The summed E-state index contributed by atoms with van der Waals surface area (Å²) in [5, 5.41) is 22.5. The summed E-state index contributed by atoms with van der Waals surface area (Å²) in [6.07, 6.45) is 1.18. The number of nitro benzene ring substituents is 1. The van der Waals surface area contributed by atoms with E-state index in [9.17, 15) is 24.1 Å². The van der Waals surface area contributed by atoms with E-state index in [-0.39, 0.29) is 23.6 Å². The third-order valence-electron chi connectivity index (χ3n) is 3.81. The van der Waals surface area contributed by atoms with Gasteiger partial charge in [0.15, 0.2) is 0 Å². The maximum Gasteiger partial charge on any atom is 0.306 e. The van der Waals surface area contributed by atoms with Gasteiger partial charge in [0.1, 0.15) is 11.4 Å². The second-order valence-electron chi connectivity index (χ2n) is 5.39. The molecule has 1 aliphatic carbocycles. The van der Waals surface area contributed by atoms with Crippen LogP contribution in [0, 0.1) is 28.8 Å². The van der Waals surface area contributed by atoms with Gasteiger partial charge in [0.05, 0.1) is 10.8 Å². The SMILES string of the molecule is Cc1cc(F)cc(C(=O)N[C@H]2CC[C@@H](C(=O)O)C2)c1[N+](=O)[O-]. The predicted octanol–water partition coefficient (Wildman–Crippen LogP) is 2.03. The van der Waals surface area contributed by atoms with Crippen LogP contribution in [0.3, 0.4) is 0 Å². The number of carboxylic acids is 1. The number of rotatable bonds is 4. The number of carbonyl (C=O) groups excluding carboxylic acids is 1. The largest absolute Gasteiger partial charge is 0.481 e. The smallest absolute Gasteiger partial charge is 0.306 e. The fraction of sp³-hybridized carbons (Fsp3) is 0.429. The number of nitro groups is 1. The zero-order chi connectivity index (χ0) is 16.4. The van der Waals surface area contributed by atoms with Crippen molar-refractivity contribution in [2.24, 2.45) is 5.92 Å². The van der Waals surface area contributed by atoms with E-state index >= 15 is 0 Å². The van der Waals surface area contributed by atoms with Crippen LogP contribution in [0.25, 0.3) is 0 Å². The van der Waals surface area contributed by atoms with Gasteiger partial charge in [-0.15, -0.1) is 0 Å². The molecule has 2 rings (SSSR count). The lowest BCUT2D eigenvalue weighted by Gasteiger charge is -2.13. The van der Waals surface area contributed by atoms with Crippen molar-refractivity contribution in [3.8, 4) is 0 Å². The van der Waals surface area contributed by atoms with E-state index in [0.29, 0.717) is 12.8 Å². The summed E-state index contributed by atoms with van der Waals surface area (Å²) in [6.45, 7) is 1.36. The number of carboxylic acid groups (broad SMARTS) is 1. The molecule has 0 unspecified atom stereocenters. The lowest BCUT2D eigenvalue weighted by molar-refractivity contribution is -0.385. The molecule has 0 radical (unpaired) electrons. The molecule has 1 aliphatic rings. The molecule has 2 atom stereocenters. The van der Waals surface area contributed by atoms with Crippen molar-refractivity contribution in [2.75, 3.05) is 0 Å². The molecule has 8 heteroatoms. The van der Waals surface area contributed by atoms with E-state index in [1.165, 1.54) is 6.92 Å². The van der Waals surface area contributed by atoms with Gasteiger partial charge in [-0.3, -0.25) is 19.7 Å². The first-order valence-electron chi connectivity index (χ1n) is 6.77. The van der Waals surface area contributed by atoms with Crippen LogP contribution in [0.15, 0.2) is 12.1 Å². The van der Waals surface area contributed by atoms with Crippen LogP contribution < -0.4 is 5.32 Å². The van der Waals surface area contributed by atoms with Crippen molar-refractivity contribution in [3.05, 3.63) is 39.2 Å². The van der Waals surface area contributed by atoms with Crippen LogP contribution in [0.4, 0.5) is 10.1 Å².